The molecule has 0 aliphatic carbocycles. The molecule has 0 saturated carbocycles. The van der Waals surface area contributed by atoms with Crippen molar-refractivity contribution in [3.05, 3.63) is 0 Å². The number of nitrogens with one attached hydrogen (secondary N) is 3. The van der Waals surface area contributed by atoms with E-state index >= 15 is 0 Å². The van der Waals surface area contributed by atoms with E-state index in [-0.39, 0.29) is 6.61 Å². The molecule has 0 aromatic rings. The SMILES string of the molecule is CC=NNC(=S)NNCCCCO. The lowest BCUT2D eigenvalue weighted by atomic mass is 10.3. The molecular formula is C7H16N4OS. The number of hydrazine groups is 1. The molecule has 5 nitrogen and oxygen atoms in total. The van der Waals surface area contributed by atoms with Crippen LogP contribution < -0.4 is 16.3 Å². The van der Waals surface area contributed by atoms with Gasteiger partial charge in [0, 0.05) is 19.4 Å². The van der Waals surface area contributed by atoms with Gasteiger partial charge in [-0.05, 0) is 32.0 Å². The van der Waals surface area contributed by atoms with Crippen LogP contribution in [0, 0.1) is 0 Å². The minimum Gasteiger partial charge on any atom is -0.396 e. The van der Waals surface area contributed by atoms with E-state index in [2.05, 4.69) is 21.4 Å². The van der Waals surface area contributed by atoms with Gasteiger partial charge in [0.15, 0.2) is 0 Å². The Morgan fingerprint density at radius 3 is 2.92 bits per heavy atom. The van der Waals surface area contributed by atoms with Crippen molar-refractivity contribution < 1.29 is 5.11 Å². The summed E-state index contributed by atoms with van der Waals surface area (Å²) in [5.41, 5.74) is 8.24. The summed E-state index contributed by atoms with van der Waals surface area (Å²) in [4.78, 5) is 0. The van der Waals surface area contributed by atoms with Crippen molar-refractivity contribution in [2.45, 2.75) is 19.8 Å². The van der Waals surface area contributed by atoms with Gasteiger partial charge >= 0.3 is 0 Å². The number of rotatable bonds is 6. The van der Waals surface area contributed by atoms with E-state index in [9.17, 15) is 0 Å². The van der Waals surface area contributed by atoms with Gasteiger partial charge in [-0.1, -0.05) is 0 Å². The molecule has 0 saturated heterocycles. The first kappa shape index (κ1) is 12.3. The largest absolute Gasteiger partial charge is 0.396 e. The second-order valence-corrected chi connectivity index (χ2v) is 2.72. The number of thiocarbonyl (C=S) groups is 1. The highest BCUT2D eigenvalue weighted by molar-refractivity contribution is 7.80. The molecule has 0 aromatic carbocycles. The maximum atomic E-state index is 8.49. The minimum atomic E-state index is 0.227. The molecule has 6 heteroatoms. The van der Waals surface area contributed by atoms with Crippen LogP contribution in [0.3, 0.4) is 0 Å². The van der Waals surface area contributed by atoms with Gasteiger partial charge in [-0.15, -0.1) is 0 Å². The Hall–Kier alpha value is -0.720. The van der Waals surface area contributed by atoms with E-state index in [1.165, 1.54) is 0 Å². The lowest BCUT2D eigenvalue weighted by Crippen LogP contribution is -2.42. The average molecular weight is 204 g/mol. The van der Waals surface area contributed by atoms with Gasteiger partial charge in [-0.3, -0.25) is 10.9 Å². The van der Waals surface area contributed by atoms with Crippen LogP contribution >= 0.6 is 12.2 Å². The minimum absolute atomic E-state index is 0.227. The van der Waals surface area contributed by atoms with Crippen LogP contribution in [0.2, 0.25) is 0 Å². The molecule has 0 fully saturated rings. The summed E-state index contributed by atoms with van der Waals surface area (Å²) >= 11 is 4.85. The Bertz CT molecular complexity index is 163. The highest BCUT2D eigenvalue weighted by Crippen LogP contribution is 1.81. The Morgan fingerprint density at radius 1 is 1.54 bits per heavy atom. The second-order valence-electron chi connectivity index (χ2n) is 2.31. The third-order valence-electron chi connectivity index (χ3n) is 1.21. The van der Waals surface area contributed by atoms with Crippen molar-refractivity contribution in [1.82, 2.24) is 16.3 Å². The maximum absolute atomic E-state index is 8.49. The van der Waals surface area contributed by atoms with Crippen LogP contribution in [0.4, 0.5) is 0 Å². The van der Waals surface area contributed by atoms with Crippen molar-refractivity contribution in [3.8, 4) is 0 Å². The Balaban J connectivity index is 3.17. The number of nitrogens with zero attached hydrogens (tertiary/aromatic N) is 1. The van der Waals surface area contributed by atoms with Crippen LogP contribution in [0.15, 0.2) is 5.10 Å². The molecule has 0 atom stereocenters. The molecule has 4 N–H and O–H groups in total. The van der Waals surface area contributed by atoms with Crippen molar-refractivity contribution >= 4 is 23.5 Å². The normalized spacial score (nSPS) is 10.3. The molecule has 0 heterocycles. The second kappa shape index (κ2) is 9.37. The fraction of sp³-hybridized carbons (Fsp3) is 0.714. The van der Waals surface area contributed by atoms with Gasteiger partial charge in [0.2, 0.25) is 5.11 Å². The van der Waals surface area contributed by atoms with Gasteiger partial charge in [0.25, 0.3) is 0 Å². The summed E-state index contributed by atoms with van der Waals surface area (Å²) in [6.07, 6.45) is 3.31. The van der Waals surface area contributed by atoms with Gasteiger partial charge < -0.3 is 5.11 Å². The molecule has 0 spiro atoms. The number of aliphatic hydroxyl groups excluding tert-OH is 1. The van der Waals surface area contributed by atoms with Gasteiger partial charge in [0.05, 0.1) is 0 Å². The monoisotopic (exact) mass is 204 g/mol. The standard InChI is InChI=1S/C7H16N4OS/c1-2-8-10-7(13)11-9-5-3-4-6-12/h2,9,12H,3-6H2,1H3,(H2,10,11,13). The van der Waals surface area contributed by atoms with Crippen molar-refractivity contribution in [1.29, 1.82) is 0 Å². The third kappa shape index (κ3) is 9.19. The zero-order chi connectivity index (χ0) is 9.94. The molecule has 0 aliphatic heterocycles. The summed E-state index contributed by atoms with van der Waals surface area (Å²) in [5.74, 6) is 0. The summed E-state index contributed by atoms with van der Waals surface area (Å²) in [7, 11) is 0. The zero-order valence-electron chi connectivity index (χ0n) is 7.71. The Kier molecular flexibility index (Phi) is 8.85. The van der Waals surface area contributed by atoms with Gasteiger partial charge in [0.1, 0.15) is 0 Å². The highest BCUT2D eigenvalue weighted by atomic mass is 32.1. The molecule has 0 aromatic heterocycles. The molecule has 0 radical (unpaired) electrons. The summed E-state index contributed by atoms with van der Waals surface area (Å²) in [6, 6.07) is 0. The number of hydrogen-bond donors (Lipinski definition) is 4. The first-order valence-electron chi connectivity index (χ1n) is 4.18. The van der Waals surface area contributed by atoms with Crippen LogP contribution in [0.1, 0.15) is 19.8 Å². The maximum Gasteiger partial charge on any atom is 0.201 e. The first-order chi connectivity index (χ1) is 6.31. The molecule has 13 heavy (non-hydrogen) atoms. The Morgan fingerprint density at radius 2 is 2.31 bits per heavy atom. The fourth-order valence-corrected chi connectivity index (χ4v) is 0.744. The van der Waals surface area contributed by atoms with Crippen LogP contribution in [-0.2, 0) is 0 Å². The molecule has 0 rings (SSSR count). The van der Waals surface area contributed by atoms with Crippen molar-refractivity contribution in [3.63, 3.8) is 0 Å². The van der Waals surface area contributed by atoms with E-state index < -0.39 is 0 Å². The highest BCUT2D eigenvalue weighted by Gasteiger charge is 1.90. The van der Waals surface area contributed by atoms with E-state index in [1.54, 1.807) is 13.1 Å². The first-order valence-corrected chi connectivity index (χ1v) is 4.59. The molecular weight excluding hydrogens is 188 g/mol. The van der Waals surface area contributed by atoms with E-state index in [4.69, 9.17) is 17.3 Å². The van der Waals surface area contributed by atoms with Crippen molar-refractivity contribution in [2.24, 2.45) is 5.10 Å². The predicted octanol–water partition coefficient (Wildman–Crippen LogP) is -0.267. The predicted molar refractivity (Wildman–Crippen MR) is 57.4 cm³/mol. The van der Waals surface area contributed by atoms with Crippen molar-refractivity contribution in [2.75, 3.05) is 13.2 Å². The van der Waals surface area contributed by atoms with Gasteiger partial charge in [-0.2, -0.15) is 5.10 Å². The smallest absolute Gasteiger partial charge is 0.201 e. The molecule has 0 aliphatic rings. The number of unbranched alkanes of at least 4 members (excludes halogenated alkanes) is 1. The van der Waals surface area contributed by atoms with E-state index in [1.807, 2.05) is 0 Å². The Labute approximate surface area is 83.6 Å². The average Bonchev–Trinajstić information content (AvgIpc) is 2.14. The lowest BCUT2D eigenvalue weighted by molar-refractivity contribution is 0.283. The fourth-order valence-electron chi connectivity index (χ4n) is 0.619. The molecule has 0 unspecified atom stereocenters. The van der Waals surface area contributed by atoms with E-state index in [0.29, 0.717) is 5.11 Å². The summed E-state index contributed by atoms with van der Waals surface area (Å²) in [5, 5.41) is 12.6. The lowest BCUT2D eigenvalue weighted by Gasteiger charge is -2.07. The summed E-state index contributed by atoms with van der Waals surface area (Å²) in [6.45, 7) is 2.78. The molecule has 0 amide bonds. The van der Waals surface area contributed by atoms with Crippen LogP contribution in [0.5, 0.6) is 0 Å². The number of hydrazone groups is 1. The topological polar surface area (TPSA) is 68.7 Å². The molecule has 0 bridgehead atoms. The third-order valence-corrected chi connectivity index (χ3v) is 1.40. The van der Waals surface area contributed by atoms with Gasteiger partial charge in [-0.25, -0.2) is 5.43 Å². The van der Waals surface area contributed by atoms with Crippen LogP contribution in [-0.4, -0.2) is 29.6 Å². The van der Waals surface area contributed by atoms with E-state index in [0.717, 1.165) is 19.4 Å². The zero-order valence-corrected chi connectivity index (χ0v) is 8.52. The quantitative estimate of drug-likeness (QED) is 0.208. The van der Waals surface area contributed by atoms with Crippen LogP contribution in [0.25, 0.3) is 0 Å². The number of aliphatic hydroxyl groups is 1. The summed E-state index contributed by atoms with van der Waals surface area (Å²) < 4.78 is 0. The molecule has 76 valence electrons. The number of hydrogen-bond acceptors (Lipinski definition) is 4.